The maximum atomic E-state index is 5.34. The molecule has 108 valence electrons. The molecular weight excluding hydrogens is 276 g/mol. The third kappa shape index (κ3) is 3.43. The van der Waals surface area contributed by atoms with Crippen molar-refractivity contribution in [3.8, 4) is 11.5 Å². The van der Waals surface area contributed by atoms with Gasteiger partial charge in [0.2, 0.25) is 0 Å². The molecule has 0 saturated carbocycles. The van der Waals surface area contributed by atoms with Gasteiger partial charge < -0.3 is 14.8 Å². The minimum atomic E-state index is 0.641. The van der Waals surface area contributed by atoms with Gasteiger partial charge in [-0.15, -0.1) is 11.8 Å². The summed E-state index contributed by atoms with van der Waals surface area (Å²) in [7, 11) is 3.28. The number of hydrogen-bond acceptors (Lipinski definition) is 6. The monoisotopic (exact) mass is 294 g/mol. The smallest absolute Gasteiger partial charge is 0.161 e. The summed E-state index contributed by atoms with van der Waals surface area (Å²) in [4.78, 5) is 5.23. The van der Waals surface area contributed by atoms with Crippen molar-refractivity contribution in [1.82, 2.24) is 20.5 Å². The Kier molecular flexibility index (Phi) is 5.25. The molecule has 0 atom stereocenters. The van der Waals surface area contributed by atoms with Crippen LogP contribution in [0.1, 0.15) is 11.4 Å². The Bertz CT molecular complexity index is 546. The van der Waals surface area contributed by atoms with Crippen molar-refractivity contribution < 1.29 is 9.47 Å². The molecule has 0 aliphatic carbocycles. The molecule has 2 N–H and O–H groups in total. The molecule has 2 rings (SSSR count). The van der Waals surface area contributed by atoms with Crippen molar-refractivity contribution in [2.24, 2.45) is 0 Å². The molecule has 20 heavy (non-hydrogen) atoms. The number of benzene rings is 1. The summed E-state index contributed by atoms with van der Waals surface area (Å²) in [6.45, 7) is 1.36. The Morgan fingerprint density at radius 2 is 1.95 bits per heavy atom. The van der Waals surface area contributed by atoms with Crippen molar-refractivity contribution in [2.45, 2.75) is 18.0 Å². The average Bonchev–Trinajstić information content (AvgIpc) is 2.99. The first kappa shape index (κ1) is 14.7. The number of ether oxygens (including phenoxy) is 2. The molecule has 1 aromatic carbocycles. The zero-order chi connectivity index (χ0) is 14.4. The lowest BCUT2D eigenvalue weighted by atomic mass is 10.2. The Morgan fingerprint density at radius 1 is 1.20 bits per heavy atom. The van der Waals surface area contributed by atoms with Crippen LogP contribution in [0.15, 0.2) is 23.4 Å². The standard InChI is InChI=1S/C13H18N4O2S/c1-18-10-4-9(12(20-3)5-11(10)19-2)6-14-7-13-15-8-16-17-13/h4-5,8,14H,6-7H2,1-3H3,(H,15,16,17). The SMILES string of the molecule is COc1cc(CNCc2ncn[nH]2)c(SC)cc1OC. The lowest BCUT2D eigenvalue weighted by Gasteiger charge is -2.14. The quantitative estimate of drug-likeness (QED) is 0.759. The van der Waals surface area contributed by atoms with Gasteiger partial charge in [-0.2, -0.15) is 5.10 Å². The highest BCUT2D eigenvalue weighted by Gasteiger charge is 2.10. The lowest BCUT2D eigenvalue weighted by Crippen LogP contribution is -2.14. The summed E-state index contributed by atoms with van der Waals surface area (Å²) < 4.78 is 10.7. The van der Waals surface area contributed by atoms with Gasteiger partial charge in [0.1, 0.15) is 12.2 Å². The molecule has 0 radical (unpaired) electrons. The number of thioether (sulfide) groups is 1. The first-order valence-electron chi connectivity index (χ1n) is 6.12. The molecule has 1 aromatic heterocycles. The first-order valence-corrected chi connectivity index (χ1v) is 7.34. The van der Waals surface area contributed by atoms with E-state index in [4.69, 9.17) is 9.47 Å². The van der Waals surface area contributed by atoms with Crippen LogP contribution in [0.2, 0.25) is 0 Å². The molecule has 0 saturated heterocycles. The van der Waals surface area contributed by atoms with Gasteiger partial charge in [0, 0.05) is 11.4 Å². The molecule has 2 aromatic rings. The molecular formula is C13H18N4O2S. The van der Waals surface area contributed by atoms with E-state index in [-0.39, 0.29) is 0 Å². The van der Waals surface area contributed by atoms with Crippen LogP contribution in [0.4, 0.5) is 0 Å². The van der Waals surface area contributed by atoms with E-state index >= 15 is 0 Å². The largest absolute Gasteiger partial charge is 0.493 e. The molecule has 0 amide bonds. The second-order valence-corrected chi connectivity index (χ2v) is 4.90. The molecule has 6 nitrogen and oxygen atoms in total. The predicted octanol–water partition coefficient (Wildman–Crippen LogP) is 1.83. The van der Waals surface area contributed by atoms with Crippen LogP contribution in [0.5, 0.6) is 11.5 Å². The maximum absolute atomic E-state index is 5.34. The van der Waals surface area contributed by atoms with Gasteiger partial charge >= 0.3 is 0 Å². The summed E-state index contributed by atoms with van der Waals surface area (Å²) in [5.74, 6) is 2.30. The van der Waals surface area contributed by atoms with E-state index in [1.807, 2.05) is 18.4 Å². The maximum Gasteiger partial charge on any atom is 0.161 e. The third-order valence-electron chi connectivity index (χ3n) is 2.86. The van der Waals surface area contributed by atoms with Crippen molar-refractivity contribution in [1.29, 1.82) is 0 Å². The summed E-state index contributed by atoms with van der Waals surface area (Å²) >= 11 is 1.68. The second kappa shape index (κ2) is 7.16. The molecule has 0 fully saturated rings. The second-order valence-electron chi connectivity index (χ2n) is 4.05. The van der Waals surface area contributed by atoms with Crippen LogP contribution in [0.25, 0.3) is 0 Å². The van der Waals surface area contributed by atoms with E-state index in [2.05, 4.69) is 20.5 Å². The van der Waals surface area contributed by atoms with Gasteiger partial charge in [0.15, 0.2) is 11.5 Å². The molecule has 0 spiro atoms. The zero-order valence-corrected chi connectivity index (χ0v) is 12.6. The van der Waals surface area contributed by atoms with Gasteiger partial charge in [-0.3, -0.25) is 5.10 Å². The highest BCUT2D eigenvalue weighted by molar-refractivity contribution is 7.98. The fourth-order valence-electron chi connectivity index (χ4n) is 1.86. The minimum Gasteiger partial charge on any atom is -0.493 e. The number of H-pyrrole nitrogens is 1. The van der Waals surface area contributed by atoms with Crippen molar-refractivity contribution >= 4 is 11.8 Å². The lowest BCUT2D eigenvalue weighted by molar-refractivity contribution is 0.353. The Morgan fingerprint density at radius 3 is 2.55 bits per heavy atom. The van der Waals surface area contributed by atoms with Crippen molar-refractivity contribution in [2.75, 3.05) is 20.5 Å². The van der Waals surface area contributed by atoms with E-state index in [1.165, 1.54) is 6.33 Å². The first-order chi connectivity index (χ1) is 9.78. The topological polar surface area (TPSA) is 72.1 Å². The van der Waals surface area contributed by atoms with Gasteiger partial charge in [-0.25, -0.2) is 4.98 Å². The van der Waals surface area contributed by atoms with Crippen molar-refractivity contribution in [3.05, 3.63) is 29.8 Å². The van der Waals surface area contributed by atoms with Gasteiger partial charge in [0.05, 0.1) is 20.8 Å². The minimum absolute atomic E-state index is 0.641. The fraction of sp³-hybridized carbons (Fsp3) is 0.385. The summed E-state index contributed by atoms with van der Waals surface area (Å²) in [6, 6.07) is 3.99. The Labute approximate surface area is 122 Å². The van der Waals surface area contributed by atoms with E-state index in [1.54, 1.807) is 26.0 Å². The Hall–Kier alpha value is -1.73. The average molecular weight is 294 g/mol. The number of hydrogen-bond donors (Lipinski definition) is 2. The van der Waals surface area contributed by atoms with Gasteiger partial charge in [0.25, 0.3) is 0 Å². The number of nitrogens with zero attached hydrogens (tertiary/aromatic N) is 2. The highest BCUT2D eigenvalue weighted by Crippen LogP contribution is 2.34. The van der Waals surface area contributed by atoms with E-state index in [9.17, 15) is 0 Å². The van der Waals surface area contributed by atoms with Crippen LogP contribution in [-0.4, -0.2) is 35.7 Å². The van der Waals surface area contributed by atoms with Crippen molar-refractivity contribution in [3.63, 3.8) is 0 Å². The molecule has 0 aliphatic heterocycles. The number of nitrogens with one attached hydrogen (secondary N) is 2. The summed E-state index contributed by atoms with van der Waals surface area (Å²) in [6.07, 6.45) is 3.54. The number of aromatic nitrogens is 3. The number of methoxy groups -OCH3 is 2. The molecule has 0 aliphatic rings. The van der Waals surface area contributed by atoms with E-state index < -0.39 is 0 Å². The Balaban J connectivity index is 2.09. The van der Waals surface area contributed by atoms with Gasteiger partial charge in [-0.05, 0) is 24.0 Å². The molecule has 0 unspecified atom stereocenters. The molecule has 1 heterocycles. The van der Waals surface area contributed by atoms with Crippen LogP contribution in [-0.2, 0) is 13.1 Å². The fourth-order valence-corrected chi connectivity index (χ4v) is 2.48. The number of aromatic amines is 1. The highest BCUT2D eigenvalue weighted by atomic mass is 32.2. The van der Waals surface area contributed by atoms with E-state index in [0.717, 1.165) is 34.3 Å². The van der Waals surface area contributed by atoms with Crippen LogP contribution >= 0.6 is 11.8 Å². The van der Waals surface area contributed by atoms with Crippen LogP contribution in [0, 0.1) is 0 Å². The zero-order valence-electron chi connectivity index (χ0n) is 11.8. The van der Waals surface area contributed by atoms with Gasteiger partial charge in [-0.1, -0.05) is 0 Å². The third-order valence-corrected chi connectivity index (χ3v) is 3.68. The van der Waals surface area contributed by atoms with Crippen LogP contribution in [0.3, 0.4) is 0 Å². The summed E-state index contributed by atoms with van der Waals surface area (Å²) in [5, 5.41) is 9.96. The molecule has 7 heteroatoms. The predicted molar refractivity (Wildman–Crippen MR) is 78.3 cm³/mol. The number of rotatable bonds is 7. The normalized spacial score (nSPS) is 10.6. The summed E-state index contributed by atoms with van der Waals surface area (Å²) in [5.41, 5.74) is 1.16. The molecule has 0 bridgehead atoms. The van der Waals surface area contributed by atoms with E-state index in [0.29, 0.717) is 6.54 Å². The van der Waals surface area contributed by atoms with Crippen LogP contribution < -0.4 is 14.8 Å².